The topological polar surface area (TPSA) is 181 Å². The van der Waals surface area contributed by atoms with E-state index in [0.29, 0.717) is 5.56 Å². The van der Waals surface area contributed by atoms with Gasteiger partial charge in [-0.05, 0) is 44.5 Å². The van der Waals surface area contributed by atoms with Crippen LogP contribution < -0.4 is 11.5 Å². The molecule has 1 aromatic rings. The van der Waals surface area contributed by atoms with Crippen LogP contribution in [0.5, 0.6) is 5.75 Å². The third-order valence-corrected chi connectivity index (χ3v) is 7.35. The maximum absolute atomic E-state index is 13.5. The van der Waals surface area contributed by atoms with Crippen LogP contribution in [0.1, 0.15) is 22.3 Å². The van der Waals surface area contributed by atoms with Gasteiger partial charge >= 0.3 is 0 Å². The summed E-state index contributed by atoms with van der Waals surface area (Å²) >= 11 is 6.04. The number of primary amides is 1. The van der Waals surface area contributed by atoms with Crippen LogP contribution in [0.15, 0.2) is 6.07 Å². The standard InChI is InChI=1S/C21H22ClN3O7/c1-25(2)14-8-4-6-3-7-5-9(22)13(23)16(27)10(7)15(26)11(6)18(29)21(8,32)19(30)12(17(14)28)20(24)31/h5-6,8,11-12,14,27,32H,3-4,23H2,1-2H3,(H2,24,31). The Bertz CT molecular complexity index is 1120. The number of carbonyl (C=O) groups is 5. The second-order valence-corrected chi connectivity index (χ2v) is 9.35. The van der Waals surface area contributed by atoms with Gasteiger partial charge in [-0.1, -0.05) is 11.6 Å². The van der Waals surface area contributed by atoms with Crippen molar-refractivity contribution in [2.24, 2.45) is 29.4 Å². The fourth-order valence-electron chi connectivity index (χ4n) is 5.64. The zero-order valence-electron chi connectivity index (χ0n) is 17.3. The van der Waals surface area contributed by atoms with Crippen molar-refractivity contribution in [1.29, 1.82) is 0 Å². The van der Waals surface area contributed by atoms with Crippen molar-refractivity contribution in [2.75, 3.05) is 19.8 Å². The SMILES string of the molecule is CN(C)C1C(=O)C(C(N)=O)C(=O)C2(O)C(=O)C3C(=O)c4c(cc(Cl)c(N)c4O)CC3CC12. The smallest absolute Gasteiger partial charge is 0.235 e. The normalized spacial score (nSPS) is 34.2. The molecule has 0 saturated heterocycles. The molecule has 1 amide bonds. The van der Waals surface area contributed by atoms with E-state index in [1.807, 2.05) is 0 Å². The summed E-state index contributed by atoms with van der Waals surface area (Å²) in [5.74, 6) is -11.1. The van der Waals surface area contributed by atoms with E-state index in [2.05, 4.69) is 0 Å². The molecule has 2 saturated carbocycles. The van der Waals surface area contributed by atoms with Gasteiger partial charge in [-0.2, -0.15) is 0 Å². The quantitative estimate of drug-likeness (QED) is 0.245. The van der Waals surface area contributed by atoms with E-state index in [0.717, 1.165) is 0 Å². The number of benzene rings is 1. The number of nitrogens with two attached hydrogens (primary N) is 2. The number of anilines is 1. The molecular formula is C21H22ClN3O7. The largest absolute Gasteiger partial charge is 0.505 e. The Hall–Kier alpha value is -2.82. The predicted molar refractivity (Wildman–Crippen MR) is 111 cm³/mol. The Morgan fingerprint density at radius 3 is 2.41 bits per heavy atom. The number of carbonyl (C=O) groups excluding carboxylic acids is 5. The average Bonchev–Trinajstić information content (AvgIpc) is 2.68. The summed E-state index contributed by atoms with van der Waals surface area (Å²) in [6.45, 7) is 0. The first-order valence-corrected chi connectivity index (χ1v) is 10.4. The number of ketones is 4. The maximum atomic E-state index is 13.5. The highest BCUT2D eigenvalue weighted by atomic mass is 35.5. The molecule has 0 aliphatic heterocycles. The minimum absolute atomic E-state index is 0.0212. The number of nitrogen functional groups attached to an aromatic ring is 1. The van der Waals surface area contributed by atoms with Crippen molar-refractivity contribution in [2.45, 2.75) is 24.5 Å². The summed E-state index contributed by atoms with van der Waals surface area (Å²) in [5, 5.41) is 21.9. The zero-order valence-corrected chi connectivity index (χ0v) is 18.0. The lowest BCUT2D eigenvalue weighted by atomic mass is 9.52. The number of likely N-dealkylation sites (N-methyl/N-ethyl adjacent to an activating group) is 1. The molecule has 32 heavy (non-hydrogen) atoms. The van der Waals surface area contributed by atoms with Gasteiger partial charge in [-0.3, -0.25) is 28.9 Å². The molecule has 6 unspecified atom stereocenters. The number of amides is 1. The van der Waals surface area contributed by atoms with E-state index < -0.39 is 70.1 Å². The van der Waals surface area contributed by atoms with Gasteiger partial charge in [0, 0.05) is 5.92 Å². The van der Waals surface area contributed by atoms with Crippen LogP contribution in [0.25, 0.3) is 0 Å². The number of hydrogen-bond donors (Lipinski definition) is 4. The van der Waals surface area contributed by atoms with Crippen LogP contribution in [0.3, 0.4) is 0 Å². The van der Waals surface area contributed by atoms with Gasteiger partial charge in [-0.15, -0.1) is 0 Å². The summed E-state index contributed by atoms with van der Waals surface area (Å²) in [7, 11) is 3.05. The Morgan fingerprint density at radius 2 is 1.84 bits per heavy atom. The van der Waals surface area contributed by atoms with Crippen molar-refractivity contribution in [3.63, 3.8) is 0 Å². The second kappa shape index (κ2) is 7.09. The van der Waals surface area contributed by atoms with Gasteiger partial charge in [0.2, 0.25) is 5.91 Å². The maximum Gasteiger partial charge on any atom is 0.235 e. The van der Waals surface area contributed by atoms with E-state index in [-0.39, 0.29) is 29.1 Å². The summed E-state index contributed by atoms with van der Waals surface area (Å²) in [6.07, 6.45) is 0.117. The van der Waals surface area contributed by atoms with Crippen LogP contribution >= 0.6 is 11.6 Å². The lowest BCUT2D eigenvalue weighted by Crippen LogP contribution is -2.74. The summed E-state index contributed by atoms with van der Waals surface area (Å²) in [6, 6.07) is 0.301. The van der Waals surface area contributed by atoms with Crippen molar-refractivity contribution >= 4 is 46.3 Å². The van der Waals surface area contributed by atoms with E-state index in [1.54, 1.807) is 0 Å². The first-order chi connectivity index (χ1) is 14.8. The Morgan fingerprint density at radius 1 is 1.22 bits per heavy atom. The average molecular weight is 464 g/mol. The molecule has 0 bridgehead atoms. The van der Waals surface area contributed by atoms with Gasteiger partial charge in [0.1, 0.15) is 0 Å². The fraction of sp³-hybridized carbons (Fsp3) is 0.476. The molecule has 6 atom stereocenters. The number of aromatic hydroxyl groups is 1. The highest BCUT2D eigenvalue weighted by Crippen LogP contribution is 2.51. The van der Waals surface area contributed by atoms with Crippen molar-refractivity contribution in [3.05, 3.63) is 22.2 Å². The number of Topliss-reactive ketones (excluding diaryl/α,β-unsaturated/α-hetero) is 4. The highest BCUT2D eigenvalue weighted by Gasteiger charge is 2.69. The number of phenols is 1. The van der Waals surface area contributed by atoms with E-state index in [4.69, 9.17) is 23.1 Å². The van der Waals surface area contributed by atoms with Crippen molar-refractivity contribution in [3.8, 4) is 5.75 Å². The Balaban J connectivity index is 1.88. The number of phenolic OH excluding ortho intramolecular Hbond substituents is 1. The van der Waals surface area contributed by atoms with Crippen LogP contribution in [0.4, 0.5) is 5.69 Å². The molecule has 1 aromatic carbocycles. The first-order valence-electron chi connectivity index (χ1n) is 9.98. The lowest BCUT2D eigenvalue weighted by Gasteiger charge is -2.52. The molecule has 11 heteroatoms. The number of hydrogen-bond acceptors (Lipinski definition) is 9. The number of aliphatic hydroxyl groups is 1. The molecule has 0 spiro atoms. The number of nitrogens with zero attached hydrogens (tertiary/aromatic N) is 1. The summed E-state index contributed by atoms with van der Waals surface area (Å²) in [5.41, 5.74) is 8.22. The number of halogens is 1. The molecule has 4 rings (SSSR count). The summed E-state index contributed by atoms with van der Waals surface area (Å²) < 4.78 is 0. The molecule has 2 fully saturated rings. The van der Waals surface area contributed by atoms with E-state index in [9.17, 15) is 34.2 Å². The number of fused-ring (bicyclic) bond motifs is 3. The van der Waals surface area contributed by atoms with Crippen LogP contribution in [-0.2, 0) is 25.6 Å². The molecule has 170 valence electrons. The third-order valence-electron chi connectivity index (χ3n) is 7.04. The molecule has 3 aliphatic rings. The molecule has 0 radical (unpaired) electrons. The Kier molecular flexibility index (Phi) is 4.96. The number of rotatable bonds is 2. The van der Waals surface area contributed by atoms with Gasteiger partial charge < -0.3 is 21.7 Å². The van der Waals surface area contributed by atoms with Crippen molar-refractivity contribution in [1.82, 2.24) is 4.90 Å². The first kappa shape index (κ1) is 22.4. The molecule has 3 aliphatic carbocycles. The molecular weight excluding hydrogens is 442 g/mol. The van der Waals surface area contributed by atoms with Gasteiger partial charge in [0.15, 0.2) is 40.4 Å². The van der Waals surface area contributed by atoms with Gasteiger partial charge in [0.25, 0.3) is 0 Å². The molecule has 0 heterocycles. The molecule has 6 N–H and O–H groups in total. The highest BCUT2D eigenvalue weighted by molar-refractivity contribution is 6.35. The third kappa shape index (κ3) is 2.69. The van der Waals surface area contributed by atoms with E-state index >= 15 is 0 Å². The van der Waals surface area contributed by atoms with Crippen LogP contribution in [0, 0.1) is 23.7 Å². The van der Waals surface area contributed by atoms with Crippen LogP contribution in [-0.4, -0.2) is 69.9 Å². The summed E-state index contributed by atoms with van der Waals surface area (Å²) in [4.78, 5) is 66.2. The zero-order chi connectivity index (χ0) is 23.9. The molecule has 0 aromatic heterocycles. The Labute approximate surface area is 187 Å². The second-order valence-electron chi connectivity index (χ2n) is 8.94. The molecule has 10 nitrogen and oxygen atoms in total. The predicted octanol–water partition coefficient (Wildman–Crippen LogP) is -0.897. The fourth-order valence-corrected chi connectivity index (χ4v) is 5.86. The van der Waals surface area contributed by atoms with Crippen LogP contribution in [0.2, 0.25) is 5.02 Å². The van der Waals surface area contributed by atoms with Gasteiger partial charge in [-0.25, -0.2) is 0 Å². The monoisotopic (exact) mass is 463 g/mol. The minimum Gasteiger partial charge on any atom is -0.505 e. The lowest BCUT2D eigenvalue weighted by molar-refractivity contribution is -0.181. The van der Waals surface area contributed by atoms with E-state index in [1.165, 1.54) is 25.1 Å². The van der Waals surface area contributed by atoms with Crippen molar-refractivity contribution < 1.29 is 34.2 Å². The minimum atomic E-state index is -2.75. The van der Waals surface area contributed by atoms with Gasteiger partial charge in [0.05, 0.1) is 28.2 Å².